The van der Waals surface area contributed by atoms with E-state index in [1.807, 2.05) is 0 Å². The lowest BCUT2D eigenvalue weighted by Gasteiger charge is -2.08. The van der Waals surface area contributed by atoms with E-state index in [-0.39, 0.29) is 32.6 Å². The molecule has 0 amide bonds. The number of halogens is 3. The summed E-state index contributed by atoms with van der Waals surface area (Å²) in [6.45, 7) is 1.73. The summed E-state index contributed by atoms with van der Waals surface area (Å²) in [5, 5.41) is 0.398. The van der Waals surface area contributed by atoms with E-state index < -0.39 is 5.82 Å². The van der Waals surface area contributed by atoms with Crippen LogP contribution < -0.4 is 5.73 Å². The molecule has 0 saturated carbocycles. The van der Waals surface area contributed by atoms with Crippen LogP contribution in [0.3, 0.4) is 0 Å². The predicted octanol–water partition coefficient (Wildman–Crippen LogP) is 4.25. The average molecular weight is 298 g/mol. The Morgan fingerprint density at radius 2 is 1.74 bits per heavy atom. The second kappa shape index (κ2) is 5.19. The molecule has 0 saturated heterocycles. The second-order valence-electron chi connectivity index (χ2n) is 4.14. The van der Waals surface area contributed by atoms with E-state index in [2.05, 4.69) is 0 Å². The standard InChI is InChI=1S/C14H10Cl2FNO/c1-7-2-3-9(17)6-10(7)14(19)8-4-11(15)13(18)12(16)5-8/h2-6H,18H2,1H3. The number of carbonyl (C=O) groups is 1. The van der Waals surface area contributed by atoms with Crippen molar-refractivity contribution in [1.82, 2.24) is 0 Å². The molecule has 0 aliphatic heterocycles. The maximum absolute atomic E-state index is 13.2. The van der Waals surface area contributed by atoms with Crippen molar-refractivity contribution in [1.29, 1.82) is 0 Å². The van der Waals surface area contributed by atoms with Gasteiger partial charge in [-0.3, -0.25) is 4.79 Å². The van der Waals surface area contributed by atoms with Gasteiger partial charge < -0.3 is 5.73 Å². The van der Waals surface area contributed by atoms with Gasteiger partial charge in [0.05, 0.1) is 15.7 Å². The van der Waals surface area contributed by atoms with Crippen molar-refractivity contribution in [2.45, 2.75) is 6.92 Å². The van der Waals surface area contributed by atoms with E-state index >= 15 is 0 Å². The Labute approximate surface area is 119 Å². The molecule has 0 aromatic heterocycles. The molecule has 0 radical (unpaired) electrons. The highest BCUT2D eigenvalue weighted by molar-refractivity contribution is 6.39. The molecule has 98 valence electrons. The third kappa shape index (κ3) is 2.72. The van der Waals surface area contributed by atoms with Gasteiger partial charge in [0.15, 0.2) is 5.78 Å². The van der Waals surface area contributed by atoms with Gasteiger partial charge in [0, 0.05) is 11.1 Å². The molecule has 0 bridgehead atoms. The summed E-state index contributed by atoms with van der Waals surface area (Å²) in [5.74, 6) is -0.817. The number of hydrogen-bond acceptors (Lipinski definition) is 2. The van der Waals surface area contributed by atoms with E-state index in [9.17, 15) is 9.18 Å². The van der Waals surface area contributed by atoms with Crippen molar-refractivity contribution >= 4 is 34.7 Å². The Morgan fingerprint density at radius 1 is 1.16 bits per heavy atom. The van der Waals surface area contributed by atoms with Crippen LogP contribution in [-0.4, -0.2) is 5.78 Å². The molecule has 5 heteroatoms. The van der Waals surface area contributed by atoms with E-state index in [1.54, 1.807) is 13.0 Å². The minimum atomic E-state index is -0.471. The number of nitrogen functional groups attached to an aromatic ring is 1. The van der Waals surface area contributed by atoms with Crippen molar-refractivity contribution in [3.63, 3.8) is 0 Å². The summed E-state index contributed by atoms with van der Waals surface area (Å²) < 4.78 is 13.2. The van der Waals surface area contributed by atoms with Gasteiger partial charge in [-0.25, -0.2) is 4.39 Å². The SMILES string of the molecule is Cc1ccc(F)cc1C(=O)c1cc(Cl)c(N)c(Cl)c1. The van der Waals surface area contributed by atoms with Crippen LogP contribution in [0.5, 0.6) is 0 Å². The summed E-state index contributed by atoms with van der Waals surface area (Å²) >= 11 is 11.8. The molecule has 2 aromatic rings. The van der Waals surface area contributed by atoms with Crippen molar-refractivity contribution in [2.75, 3.05) is 5.73 Å². The minimum absolute atomic E-state index is 0.199. The third-order valence-corrected chi connectivity index (χ3v) is 3.41. The maximum Gasteiger partial charge on any atom is 0.193 e. The van der Waals surface area contributed by atoms with Crippen LogP contribution in [0.4, 0.5) is 10.1 Å². The monoisotopic (exact) mass is 297 g/mol. The van der Waals surface area contributed by atoms with Crippen LogP contribution in [0.1, 0.15) is 21.5 Å². The predicted molar refractivity (Wildman–Crippen MR) is 75.4 cm³/mol. The average Bonchev–Trinajstić information content (AvgIpc) is 2.37. The smallest absolute Gasteiger partial charge is 0.193 e. The first-order valence-electron chi connectivity index (χ1n) is 5.45. The first-order chi connectivity index (χ1) is 8.90. The summed E-state index contributed by atoms with van der Waals surface area (Å²) in [6.07, 6.45) is 0. The first kappa shape index (κ1) is 13.8. The van der Waals surface area contributed by atoms with Gasteiger partial charge in [-0.05, 0) is 36.8 Å². The zero-order valence-electron chi connectivity index (χ0n) is 10.0. The number of ketones is 1. The van der Waals surface area contributed by atoms with Crippen molar-refractivity contribution < 1.29 is 9.18 Å². The Kier molecular flexibility index (Phi) is 3.78. The van der Waals surface area contributed by atoms with E-state index in [4.69, 9.17) is 28.9 Å². The van der Waals surface area contributed by atoms with E-state index in [0.717, 1.165) is 0 Å². The molecule has 2 N–H and O–H groups in total. The summed E-state index contributed by atoms with van der Waals surface area (Å²) in [6, 6.07) is 6.89. The topological polar surface area (TPSA) is 43.1 Å². The molecule has 0 fully saturated rings. The molecule has 0 unspecified atom stereocenters. The van der Waals surface area contributed by atoms with Crippen LogP contribution in [0, 0.1) is 12.7 Å². The fraction of sp³-hybridized carbons (Fsp3) is 0.0714. The molecule has 19 heavy (non-hydrogen) atoms. The number of carbonyl (C=O) groups excluding carboxylic acids is 1. The normalized spacial score (nSPS) is 10.5. The first-order valence-corrected chi connectivity index (χ1v) is 6.21. The highest BCUT2D eigenvalue weighted by Crippen LogP contribution is 2.30. The maximum atomic E-state index is 13.2. The molecule has 0 heterocycles. The number of rotatable bonds is 2. The molecule has 0 spiro atoms. The van der Waals surface area contributed by atoms with Crippen molar-refractivity contribution in [2.24, 2.45) is 0 Å². The van der Waals surface area contributed by atoms with Gasteiger partial charge in [0.1, 0.15) is 5.82 Å². The van der Waals surface area contributed by atoms with Crippen molar-refractivity contribution in [3.8, 4) is 0 Å². The number of aryl methyl sites for hydroxylation is 1. The summed E-state index contributed by atoms with van der Waals surface area (Å²) in [5.41, 5.74) is 7.05. The van der Waals surface area contributed by atoms with Crippen LogP contribution in [0.2, 0.25) is 10.0 Å². The zero-order chi connectivity index (χ0) is 14.2. The number of nitrogens with two attached hydrogens (primary N) is 1. The van der Waals surface area contributed by atoms with Crippen molar-refractivity contribution in [3.05, 3.63) is 62.9 Å². The lowest BCUT2D eigenvalue weighted by molar-refractivity contribution is 0.103. The largest absolute Gasteiger partial charge is 0.396 e. The van der Waals surface area contributed by atoms with E-state index in [1.165, 1.54) is 24.3 Å². The molecule has 0 aliphatic carbocycles. The second-order valence-corrected chi connectivity index (χ2v) is 4.96. The molecule has 2 rings (SSSR count). The fourth-order valence-electron chi connectivity index (χ4n) is 1.71. The molecular formula is C14H10Cl2FNO. The zero-order valence-corrected chi connectivity index (χ0v) is 11.5. The summed E-state index contributed by atoms with van der Waals surface area (Å²) in [4.78, 5) is 12.3. The number of benzene rings is 2. The third-order valence-electron chi connectivity index (χ3n) is 2.79. The van der Waals surface area contributed by atoms with Crippen LogP contribution in [0.25, 0.3) is 0 Å². The lowest BCUT2D eigenvalue weighted by Crippen LogP contribution is -2.05. The van der Waals surface area contributed by atoms with Crippen LogP contribution in [-0.2, 0) is 0 Å². The van der Waals surface area contributed by atoms with Gasteiger partial charge in [0.25, 0.3) is 0 Å². The van der Waals surface area contributed by atoms with Gasteiger partial charge in [-0.2, -0.15) is 0 Å². The van der Waals surface area contributed by atoms with Crippen LogP contribution in [0.15, 0.2) is 30.3 Å². The van der Waals surface area contributed by atoms with Gasteiger partial charge >= 0.3 is 0 Å². The Balaban J connectivity index is 2.53. The Hall–Kier alpha value is -1.58. The fourth-order valence-corrected chi connectivity index (χ4v) is 2.20. The molecular weight excluding hydrogens is 288 g/mol. The van der Waals surface area contributed by atoms with Gasteiger partial charge in [0.2, 0.25) is 0 Å². The minimum Gasteiger partial charge on any atom is -0.396 e. The number of hydrogen-bond donors (Lipinski definition) is 1. The van der Waals surface area contributed by atoms with E-state index in [0.29, 0.717) is 5.56 Å². The Morgan fingerprint density at radius 3 is 2.32 bits per heavy atom. The Bertz CT molecular complexity index is 647. The van der Waals surface area contributed by atoms with Gasteiger partial charge in [-0.1, -0.05) is 29.3 Å². The number of anilines is 1. The molecule has 0 atom stereocenters. The highest BCUT2D eigenvalue weighted by atomic mass is 35.5. The molecule has 0 aliphatic rings. The highest BCUT2D eigenvalue weighted by Gasteiger charge is 2.15. The molecule has 2 aromatic carbocycles. The lowest BCUT2D eigenvalue weighted by atomic mass is 9.99. The quantitative estimate of drug-likeness (QED) is 0.665. The summed E-state index contributed by atoms with van der Waals surface area (Å²) in [7, 11) is 0. The molecule has 2 nitrogen and oxygen atoms in total. The van der Waals surface area contributed by atoms with Crippen LogP contribution >= 0.6 is 23.2 Å². The van der Waals surface area contributed by atoms with Gasteiger partial charge in [-0.15, -0.1) is 0 Å².